The van der Waals surface area contributed by atoms with E-state index in [1.165, 1.54) is 11.3 Å². The molecule has 0 unspecified atom stereocenters. The van der Waals surface area contributed by atoms with E-state index in [1.54, 1.807) is 6.07 Å². The summed E-state index contributed by atoms with van der Waals surface area (Å²) >= 11 is 7.84. The second-order valence-electron chi connectivity index (χ2n) is 4.41. The number of carbonyl (C=O) groups excluding carboxylic acids is 2. The molecule has 1 heterocycles. The van der Waals surface area contributed by atoms with Gasteiger partial charge in [0.25, 0.3) is 5.91 Å². The Morgan fingerprint density at radius 2 is 2.00 bits per heavy atom. The smallest absolute Gasteiger partial charge is 0.348 e. The van der Waals surface area contributed by atoms with Crippen molar-refractivity contribution in [1.82, 2.24) is 5.32 Å². The monoisotopic (exact) mass is 411 g/mol. The number of amides is 1. The lowest BCUT2D eigenvalue weighted by Gasteiger charge is -2.17. The van der Waals surface area contributed by atoms with Crippen molar-refractivity contribution in [3.8, 4) is 0 Å². The van der Waals surface area contributed by atoms with Crippen molar-refractivity contribution in [3.63, 3.8) is 0 Å². The zero-order chi connectivity index (χ0) is 14.6. The van der Waals surface area contributed by atoms with Crippen LogP contribution in [-0.4, -0.2) is 24.5 Å². The molecule has 19 heavy (non-hydrogen) atoms. The average Bonchev–Trinajstić information content (AvgIpc) is 2.66. The quantitative estimate of drug-likeness (QED) is 0.751. The average molecular weight is 413 g/mol. The minimum atomic E-state index is -0.497. The lowest BCUT2D eigenvalue weighted by Crippen LogP contribution is -2.38. The lowest BCUT2D eigenvalue weighted by molar-refractivity contribution is -0.125. The first kappa shape index (κ1) is 16.7. The van der Waals surface area contributed by atoms with Gasteiger partial charge in [0.2, 0.25) is 0 Å². The molecule has 0 radical (unpaired) electrons. The molecule has 1 amide bonds. The Labute approximate surface area is 133 Å². The molecule has 1 atom stereocenters. The summed E-state index contributed by atoms with van der Waals surface area (Å²) in [4.78, 5) is 23.7. The predicted octanol–water partition coefficient (Wildman–Crippen LogP) is 3.59. The molecule has 7 heteroatoms. The highest BCUT2D eigenvalue weighted by atomic mass is 79.9. The third-order valence-electron chi connectivity index (χ3n) is 2.57. The van der Waals surface area contributed by atoms with E-state index >= 15 is 0 Å². The van der Waals surface area contributed by atoms with E-state index in [0.29, 0.717) is 10.8 Å². The summed E-state index contributed by atoms with van der Waals surface area (Å²) in [5, 5.41) is 2.77. The zero-order valence-corrected chi connectivity index (χ0v) is 14.8. The largest absolute Gasteiger partial charge is 0.451 e. The summed E-state index contributed by atoms with van der Waals surface area (Å²) in [7, 11) is 0. The van der Waals surface area contributed by atoms with Crippen molar-refractivity contribution in [2.75, 3.05) is 6.61 Å². The number of hydrogen-bond donors (Lipinski definition) is 1. The van der Waals surface area contributed by atoms with Gasteiger partial charge < -0.3 is 10.1 Å². The molecular weight excluding hydrogens is 398 g/mol. The Bertz CT molecular complexity index is 454. The Morgan fingerprint density at radius 1 is 1.37 bits per heavy atom. The summed E-state index contributed by atoms with van der Waals surface area (Å²) in [6.07, 6.45) is 0. The number of esters is 1. The first-order valence-corrected chi connectivity index (χ1v) is 8.12. The van der Waals surface area contributed by atoms with Gasteiger partial charge in [0.15, 0.2) is 6.61 Å². The summed E-state index contributed by atoms with van der Waals surface area (Å²) in [6, 6.07) is 1.71. The van der Waals surface area contributed by atoms with E-state index in [0.717, 1.165) is 8.26 Å². The van der Waals surface area contributed by atoms with Gasteiger partial charge >= 0.3 is 5.97 Å². The summed E-state index contributed by atoms with van der Waals surface area (Å²) in [5.41, 5.74) is 0. The van der Waals surface area contributed by atoms with Gasteiger partial charge in [-0.1, -0.05) is 13.8 Å². The molecule has 0 aliphatic carbocycles. The van der Waals surface area contributed by atoms with Gasteiger partial charge in [-0.15, -0.1) is 11.3 Å². The summed E-state index contributed by atoms with van der Waals surface area (Å²) < 4.78 is 6.57. The van der Waals surface area contributed by atoms with Crippen LogP contribution in [0.1, 0.15) is 30.4 Å². The third-order valence-corrected chi connectivity index (χ3v) is 5.81. The Kier molecular flexibility index (Phi) is 6.49. The number of thiophene rings is 1. The van der Waals surface area contributed by atoms with Gasteiger partial charge in [0.1, 0.15) is 4.88 Å². The van der Waals surface area contributed by atoms with E-state index in [2.05, 4.69) is 37.2 Å². The molecule has 1 rings (SSSR count). The minimum Gasteiger partial charge on any atom is -0.451 e. The van der Waals surface area contributed by atoms with Gasteiger partial charge in [-0.05, 0) is 50.8 Å². The fraction of sp³-hybridized carbons (Fsp3) is 0.500. The van der Waals surface area contributed by atoms with Gasteiger partial charge in [-0.3, -0.25) is 4.79 Å². The highest BCUT2D eigenvalue weighted by Crippen LogP contribution is 2.32. The van der Waals surface area contributed by atoms with Crippen LogP contribution in [-0.2, 0) is 9.53 Å². The molecule has 1 aromatic rings. The van der Waals surface area contributed by atoms with Crippen LogP contribution in [0.3, 0.4) is 0 Å². The molecule has 1 N–H and O–H groups in total. The van der Waals surface area contributed by atoms with Crippen LogP contribution in [0.25, 0.3) is 0 Å². The van der Waals surface area contributed by atoms with E-state index in [-0.39, 0.29) is 18.6 Å². The number of carbonyl (C=O) groups is 2. The minimum absolute atomic E-state index is 0.0521. The zero-order valence-electron chi connectivity index (χ0n) is 10.8. The number of rotatable bonds is 5. The van der Waals surface area contributed by atoms with E-state index < -0.39 is 5.97 Å². The van der Waals surface area contributed by atoms with Gasteiger partial charge in [-0.2, -0.15) is 0 Å². The van der Waals surface area contributed by atoms with Crippen molar-refractivity contribution in [1.29, 1.82) is 0 Å². The summed E-state index contributed by atoms with van der Waals surface area (Å²) in [5.74, 6) is -0.447. The van der Waals surface area contributed by atoms with Gasteiger partial charge in [0, 0.05) is 10.5 Å². The molecular formula is C12H15Br2NO3S. The molecule has 1 aromatic heterocycles. The van der Waals surface area contributed by atoms with Crippen molar-refractivity contribution < 1.29 is 14.3 Å². The molecule has 4 nitrogen and oxygen atoms in total. The summed E-state index contributed by atoms with van der Waals surface area (Å²) in [6.45, 7) is 5.68. The van der Waals surface area contributed by atoms with Crippen LogP contribution < -0.4 is 5.32 Å². The fourth-order valence-corrected chi connectivity index (χ4v) is 3.04. The van der Waals surface area contributed by atoms with Crippen molar-refractivity contribution in [2.45, 2.75) is 26.8 Å². The number of halogens is 2. The fourth-order valence-electron chi connectivity index (χ4n) is 1.11. The molecule has 0 aliphatic heterocycles. The molecule has 0 fully saturated rings. The lowest BCUT2D eigenvalue weighted by atomic mass is 10.1. The predicted molar refractivity (Wildman–Crippen MR) is 82.4 cm³/mol. The molecule has 0 aliphatic rings. The number of hydrogen-bond acceptors (Lipinski definition) is 4. The highest BCUT2D eigenvalue weighted by molar-refractivity contribution is 9.13. The maximum Gasteiger partial charge on any atom is 0.348 e. The first-order chi connectivity index (χ1) is 8.81. The Hall–Kier alpha value is -0.400. The second kappa shape index (κ2) is 7.40. The molecule has 0 spiro atoms. The highest BCUT2D eigenvalue weighted by Gasteiger charge is 2.16. The molecule has 0 aromatic carbocycles. The Balaban J connectivity index is 2.44. The van der Waals surface area contributed by atoms with Crippen molar-refractivity contribution >= 4 is 55.1 Å². The maximum absolute atomic E-state index is 11.7. The molecule has 0 saturated heterocycles. The van der Waals surface area contributed by atoms with Crippen LogP contribution in [0.5, 0.6) is 0 Å². The van der Waals surface area contributed by atoms with Crippen molar-refractivity contribution in [3.05, 3.63) is 19.2 Å². The van der Waals surface area contributed by atoms with Crippen LogP contribution in [0, 0.1) is 5.92 Å². The SMILES string of the molecule is CC(C)[C@@H](C)NC(=O)COC(=O)c1cc(Br)c(Br)s1. The standard InChI is InChI=1S/C12H15Br2NO3S/c1-6(2)7(3)15-10(16)5-18-12(17)9-4-8(13)11(14)19-9/h4,6-7H,5H2,1-3H3,(H,15,16)/t7-/m1/s1. The molecule has 0 saturated carbocycles. The number of nitrogens with one attached hydrogen (secondary N) is 1. The van der Waals surface area contributed by atoms with Crippen LogP contribution in [0.2, 0.25) is 0 Å². The normalized spacial score (nSPS) is 12.3. The van der Waals surface area contributed by atoms with Crippen LogP contribution in [0.15, 0.2) is 14.3 Å². The topological polar surface area (TPSA) is 55.4 Å². The first-order valence-electron chi connectivity index (χ1n) is 5.72. The van der Waals surface area contributed by atoms with Crippen LogP contribution in [0.4, 0.5) is 0 Å². The second-order valence-corrected chi connectivity index (χ2v) is 7.63. The number of ether oxygens (including phenoxy) is 1. The Morgan fingerprint density at radius 3 is 2.47 bits per heavy atom. The van der Waals surface area contributed by atoms with Gasteiger partial charge in [-0.25, -0.2) is 4.79 Å². The van der Waals surface area contributed by atoms with E-state index in [9.17, 15) is 9.59 Å². The van der Waals surface area contributed by atoms with E-state index in [4.69, 9.17) is 4.74 Å². The van der Waals surface area contributed by atoms with Gasteiger partial charge in [0.05, 0.1) is 3.79 Å². The van der Waals surface area contributed by atoms with Crippen LogP contribution >= 0.6 is 43.2 Å². The molecule has 106 valence electrons. The van der Waals surface area contributed by atoms with E-state index in [1.807, 2.05) is 20.8 Å². The van der Waals surface area contributed by atoms with Crippen molar-refractivity contribution in [2.24, 2.45) is 5.92 Å². The molecule has 0 bridgehead atoms. The third kappa shape index (κ3) is 5.24. The maximum atomic E-state index is 11.7.